The van der Waals surface area contributed by atoms with Gasteiger partial charge in [-0.1, -0.05) is 0 Å². The summed E-state index contributed by atoms with van der Waals surface area (Å²) in [4.78, 5) is 2.54. The number of likely N-dealkylation sites (tertiary alicyclic amines) is 1. The first-order valence-corrected chi connectivity index (χ1v) is 6.46. The minimum atomic E-state index is 0. The van der Waals surface area contributed by atoms with Crippen LogP contribution < -0.4 is 4.16 Å². The summed E-state index contributed by atoms with van der Waals surface area (Å²) >= 11 is 1.27. The molecule has 0 spiro atoms. The van der Waals surface area contributed by atoms with E-state index in [4.69, 9.17) is 0 Å². The van der Waals surface area contributed by atoms with Crippen LogP contribution in [0.5, 0.6) is 0 Å². The quantitative estimate of drug-likeness (QED) is 0.756. The Balaban J connectivity index is 0.000000980. The Morgan fingerprint density at radius 2 is 1.64 bits per heavy atom. The standard InChI is InChI=1S/C11H14N.BrH.Zn/c1-2-6-11(7-3-1)10-12-8-4-5-9-12;;/h2-3,6-7H,4-5,8-10H2;1H;. The van der Waals surface area contributed by atoms with Crippen LogP contribution in [0.1, 0.15) is 18.4 Å². The molecule has 1 nitrogen and oxygen atoms in total. The van der Waals surface area contributed by atoms with Crippen molar-refractivity contribution in [3.63, 3.8) is 0 Å². The van der Waals surface area contributed by atoms with E-state index in [9.17, 15) is 0 Å². The summed E-state index contributed by atoms with van der Waals surface area (Å²) in [6.45, 7) is 3.74. The molecule has 1 aromatic carbocycles. The SMILES string of the molecule is Br.[Zn][c]1ccc(CN2CCCC2)cc1. The molecule has 0 bridgehead atoms. The molecule has 0 unspecified atom stereocenters. The number of hydrogen-bond acceptors (Lipinski definition) is 1. The van der Waals surface area contributed by atoms with Gasteiger partial charge in [-0.2, -0.15) is 0 Å². The van der Waals surface area contributed by atoms with Crippen molar-refractivity contribution in [1.29, 1.82) is 0 Å². The molecule has 1 saturated heterocycles. The first-order valence-electron chi connectivity index (χ1n) is 4.98. The van der Waals surface area contributed by atoms with E-state index >= 15 is 0 Å². The van der Waals surface area contributed by atoms with Gasteiger partial charge in [-0.05, 0) is 0 Å². The third-order valence-electron chi connectivity index (χ3n) is 2.63. The summed E-state index contributed by atoms with van der Waals surface area (Å²) in [6.07, 6.45) is 2.77. The van der Waals surface area contributed by atoms with Crippen molar-refractivity contribution < 1.29 is 18.3 Å². The van der Waals surface area contributed by atoms with Gasteiger partial charge in [0.05, 0.1) is 0 Å². The van der Waals surface area contributed by atoms with Gasteiger partial charge in [-0.3, -0.25) is 0 Å². The number of hydrogen-bond donors (Lipinski definition) is 0. The molecular weight excluding hydrogens is 291 g/mol. The Labute approximate surface area is 106 Å². The van der Waals surface area contributed by atoms with Crippen molar-refractivity contribution in [2.24, 2.45) is 0 Å². The normalized spacial score (nSPS) is 16.7. The fourth-order valence-electron chi connectivity index (χ4n) is 1.84. The number of halogens is 1. The van der Waals surface area contributed by atoms with Gasteiger partial charge in [-0.15, -0.1) is 17.0 Å². The van der Waals surface area contributed by atoms with Crippen LogP contribution in [-0.4, -0.2) is 18.0 Å². The summed E-state index contributed by atoms with van der Waals surface area (Å²) in [5.41, 5.74) is 1.47. The van der Waals surface area contributed by atoms with E-state index in [1.807, 2.05) is 0 Å². The second-order valence-corrected chi connectivity index (χ2v) is 5.51. The molecule has 73 valence electrons. The average Bonchev–Trinajstić information content (AvgIpc) is 2.62. The third kappa shape index (κ3) is 3.45. The molecule has 1 aliphatic heterocycles. The fraction of sp³-hybridized carbons (Fsp3) is 0.455. The molecule has 1 fully saturated rings. The van der Waals surface area contributed by atoms with Crippen molar-refractivity contribution in [3.8, 4) is 0 Å². The van der Waals surface area contributed by atoms with Crippen molar-refractivity contribution in [1.82, 2.24) is 4.90 Å². The molecule has 0 aromatic heterocycles. The second kappa shape index (κ2) is 6.00. The van der Waals surface area contributed by atoms with Crippen molar-refractivity contribution >= 4 is 21.1 Å². The van der Waals surface area contributed by atoms with Gasteiger partial charge in [0.2, 0.25) is 0 Å². The number of rotatable bonds is 2. The molecule has 14 heavy (non-hydrogen) atoms. The van der Waals surface area contributed by atoms with Crippen LogP contribution in [0.25, 0.3) is 0 Å². The van der Waals surface area contributed by atoms with Crippen LogP contribution in [0.2, 0.25) is 0 Å². The van der Waals surface area contributed by atoms with Gasteiger partial charge in [0.25, 0.3) is 0 Å². The predicted octanol–water partition coefficient (Wildman–Crippen LogP) is 2.03. The molecule has 1 aliphatic rings. The monoisotopic (exact) mass is 304 g/mol. The molecule has 0 atom stereocenters. The number of nitrogens with zero attached hydrogens (tertiary/aromatic N) is 1. The molecule has 1 aromatic rings. The van der Waals surface area contributed by atoms with E-state index in [0.717, 1.165) is 6.54 Å². The Kier molecular flexibility index (Phi) is 5.29. The topological polar surface area (TPSA) is 3.24 Å². The van der Waals surface area contributed by atoms with Crippen molar-refractivity contribution in [3.05, 3.63) is 29.8 Å². The molecule has 0 saturated carbocycles. The van der Waals surface area contributed by atoms with Gasteiger partial charge in [-0.25, -0.2) is 0 Å². The van der Waals surface area contributed by atoms with Gasteiger partial charge < -0.3 is 0 Å². The Morgan fingerprint density at radius 3 is 2.21 bits per heavy atom. The Morgan fingerprint density at radius 1 is 1.07 bits per heavy atom. The van der Waals surface area contributed by atoms with E-state index in [-0.39, 0.29) is 17.0 Å². The first kappa shape index (κ1) is 12.4. The average molecular weight is 307 g/mol. The summed E-state index contributed by atoms with van der Waals surface area (Å²) in [5, 5.41) is 0. The van der Waals surface area contributed by atoms with Crippen molar-refractivity contribution in [2.45, 2.75) is 19.4 Å². The van der Waals surface area contributed by atoms with Crippen LogP contribution in [0.4, 0.5) is 0 Å². The van der Waals surface area contributed by atoms with Gasteiger partial charge in [0, 0.05) is 0 Å². The van der Waals surface area contributed by atoms with Crippen LogP contribution in [-0.2, 0) is 24.8 Å². The van der Waals surface area contributed by atoms with E-state index in [0.29, 0.717) is 0 Å². The molecule has 0 amide bonds. The fourth-order valence-corrected chi connectivity index (χ4v) is 2.34. The van der Waals surface area contributed by atoms with E-state index in [2.05, 4.69) is 29.2 Å². The third-order valence-corrected chi connectivity index (χ3v) is 3.62. The van der Waals surface area contributed by atoms with Gasteiger partial charge >= 0.3 is 89.7 Å². The Bertz CT molecular complexity index is 267. The van der Waals surface area contributed by atoms with Gasteiger partial charge in [0.15, 0.2) is 0 Å². The van der Waals surface area contributed by atoms with E-state index in [1.54, 1.807) is 0 Å². The van der Waals surface area contributed by atoms with Crippen molar-refractivity contribution in [2.75, 3.05) is 13.1 Å². The predicted molar refractivity (Wildman–Crippen MR) is 60.9 cm³/mol. The zero-order valence-corrected chi connectivity index (χ0v) is 13.1. The van der Waals surface area contributed by atoms with Crippen LogP contribution in [0, 0.1) is 0 Å². The molecule has 2 rings (SSSR count). The summed E-state index contributed by atoms with van der Waals surface area (Å²) < 4.78 is 1.48. The van der Waals surface area contributed by atoms with Crippen LogP contribution >= 0.6 is 17.0 Å². The maximum absolute atomic E-state index is 2.54. The molecule has 0 radical (unpaired) electrons. The summed E-state index contributed by atoms with van der Waals surface area (Å²) in [6, 6.07) is 9.06. The van der Waals surface area contributed by atoms with Gasteiger partial charge in [0.1, 0.15) is 0 Å². The maximum atomic E-state index is 2.54. The molecule has 1 heterocycles. The second-order valence-electron chi connectivity index (χ2n) is 3.80. The van der Waals surface area contributed by atoms with Crippen LogP contribution in [0.15, 0.2) is 24.3 Å². The number of benzene rings is 1. The van der Waals surface area contributed by atoms with Crippen LogP contribution in [0.3, 0.4) is 0 Å². The molecule has 0 N–H and O–H groups in total. The molecular formula is C11H15BrNZn. The molecule has 3 heteroatoms. The van der Waals surface area contributed by atoms with E-state index < -0.39 is 0 Å². The molecule has 0 aliphatic carbocycles. The zero-order chi connectivity index (χ0) is 9.10. The zero-order valence-electron chi connectivity index (χ0n) is 8.41. The minimum absolute atomic E-state index is 0. The summed E-state index contributed by atoms with van der Waals surface area (Å²) in [5.74, 6) is 0. The van der Waals surface area contributed by atoms with E-state index in [1.165, 1.54) is 54.0 Å². The first-order chi connectivity index (χ1) is 6.34. The Hall–Kier alpha value is 0.283. The summed E-state index contributed by atoms with van der Waals surface area (Å²) in [7, 11) is 0.